The van der Waals surface area contributed by atoms with Crippen LogP contribution < -0.4 is 4.80 Å². The van der Waals surface area contributed by atoms with Crippen molar-refractivity contribution in [2.45, 2.75) is 20.0 Å². The number of rotatable bonds is 5. The highest BCUT2D eigenvalue weighted by Gasteiger charge is 2.19. The van der Waals surface area contributed by atoms with E-state index in [1.807, 2.05) is 0 Å². The van der Waals surface area contributed by atoms with E-state index in [1.165, 1.54) is 11.7 Å². The summed E-state index contributed by atoms with van der Waals surface area (Å²) in [6.45, 7) is 3.42. The van der Waals surface area contributed by atoms with Crippen molar-refractivity contribution in [1.82, 2.24) is 3.97 Å². The molecule has 0 aromatic carbocycles. The van der Waals surface area contributed by atoms with E-state index in [2.05, 4.69) is 5.16 Å². The predicted octanol–water partition coefficient (Wildman–Crippen LogP) is 0.0756. The summed E-state index contributed by atoms with van der Waals surface area (Å²) in [7, 11) is -3.69. The number of hydrogen-bond acceptors (Lipinski definition) is 7. The first kappa shape index (κ1) is 14.6. The minimum Gasteiger partial charge on any atom is -0.392 e. The Morgan fingerprint density at radius 1 is 1.61 bits per heavy atom. The largest absolute Gasteiger partial charge is 0.392 e. The van der Waals surface area contributed by atoms with E-state index in [9.17, 15) is 13.2 Å². The fraction of sp³-hybridized carbons (Fsp3) is 0.444. The molecule has 1 rings (SSSR count). The zero-order chi connectivity index (χ0) is 13.9. The van der Waals surface area contributed by atoms with Crippen LogP contribution >= 0.6 is 11.3 Å². The molecule has 1 heterocycles. The zero-order valence-electron chi connectivity index (χ0n) is 10.00. The molecule has 1 N–H and O–H groups in total. The van der Waals surface area contributed by atoms with Gasteiger partial charge in [0.25, 0.3) is 6.29 Å². The second kappa shape index (κ2) is 5.44. The molecule has 1 aromatic rings. The molecule has 0 saturated heterocycles. The molecule has 99 valence electrons. The molecule has 0 fully saturated rings. The summed E-state index contributed by atoms with van der Waals surface area (Å²) in [5.74, 6) is 0. The molecule has 0 aliphatic heterocycles. The normalized spacial score (nSPS) is 12.8. The van der Waals surface area contributed by atoms with Crippen LogP contribution in [0.2, 0.25) is 0 Å². The summed E-state index contributed by atoms with van der Waals surface area (Å²) in [6, 6.07) is 0. The Labute approximate surface area is 108 Å². The van der Waals surface area contributed by atoms with Crippen LogP contribution in [0.15, 0.2) is 10.5 Å². The van der Waals surface area contributed by atoms with E-state index >= 15 is 0 Å². The second-order valence-corrected chi connectivity index (χ2v) is 6.34. The number of carbonyl (C=O) groups excluding carboxylic acids is 1. The molecule has 0 atom stereocenters. The Kier molecular flexibility index (Phi) is 4.41. The predicted molar refractivity (Wildman–Crippen MR) is 66.9 cm³/mol. The van der Waals surface area contributed by atoms with Crippen LogP contribution in [0.25, 0.3) is 0 Å². The van der Waals surface area contributed by atoms with Crippen LogP contribution in [-0.2, 0) is 19.7 Å². The monoisotopic (exact) mass is 290 g/mol. The van der Waals surface area contributed by atoms with E-state index < -0.39 is 10.0 Å². The molecule has 0 amide bonds. The van der Waals surface area contributed by atoms with Crippen molar-refractivity contribution in [2.75, 3.05) is 6.26 Å². The van der Waals surface area contributed by atoms with Crippen LogP contribution in [0.1, 0.15) is 19.5 Å². The lowest BCUT2D eigenvalue weighted by molar-refractivity contribution is 0.0865. The van der Waals surface area contributed by atoms with E-state index in [0.717, 1.165) is 17.6 Å². The third-order valence-corrected chi connectivity index (χ3v) is 3.62. The molecule has 0 bridgehead atoms. The first-order valence-electron chi connectivity index (χ1n) is 4.85. The SMILES string of the molecule is CC(C)ON=C([C]=O)c1csc(=N)n1S(C)(=O)=O. The van der Waals surface area contributed by atoms with Gasteiger partial charge in [-0.05, 0) is 13.8 Å². The van der Waals surface area contributed by atoms with Gasteiger partial charge in [-0.1, -0.05) is 5.16 Å². The number of oxime groups is 1. The minimum atomic E-state index is -3.69. The molecule has 18 heavy (non-hydrogen) atoms. The van der Waals surface area contributed by atoms with Crippen molar-refractivity contribution in [3.63, 3.8) is 0 Å². The molecule has 0 aliphatic rings. The molecule has 1 aromatic heterocycles. The fourth-order valence-corrected chi connectivity index (χ4v) is 3.11. The number of nitrogens with zero attached hydrogens (tertiary/aromatic N) is 2. The molecule has 0 aliphatic carbocycles. The van der Waals surface area contributed by atoms with Gasteiger partial charge in [0.15, 0.2) is 10.5 Å². The van der Waals surface area contributed by atoms with Gasteiger partial charge in [-0.15, -0.1) is 11.3 Å². The van der Waals surface area contributed by atoms with Gasteiger partial charge in [0.1, 0.15) is 11.8 Å². The lowest BCUT2D eigenvalue weighted by atomic mass is 10.3. The average molecular weight is 290 g/mol. The van der Waals surface area contributed by atoms with Crippen molar-refractivity contribution in [2.24, 2.45) is 5.16 Å². The Hall–Kier alpha value is -1.48. The van der Waals surface area contributed by atoms with Gasteiger partial charge >= 0.3 is 0 Å². The zero-order valence-corrected chi connectivity index (χ0v) is 11.6. The highest BCUT2D eigenvalue weighted by atomic mass is 32.2. The molecular formula is C9H12N3O4S2. The van der Waals surface area contributed by atoms with E-state index in [4.69, 9.17) is 10.2 Å². The van der Waals surface area contributed by atoms with E-state index in [0.29, 0.717) is 3.97 Å². The van der Waals surface area contributed by atoms with Gasteiger partial charge in [0.2, 0.25) is 10.0 Å². The fourth-order valence-electron chi connectivity index (χ4n) is 1.07. The first-order chi connectivity index (χ1) is 8.27. The van der Waals surface area contributed by atoms with Gasteiger partial charge in [0, 0.05) is 5.38 Å². The highest BCUT2D eigenvalue weighted by molar-refractivity contribution is 7.89. The maximum Gasteiger partial charge on any atom is 0.259 e. The lowest BCUT2D eigenvalue weighted by Crippen LogP contribution is -2.26. The Bertz CT molecular complexity index is 624. The number of aromatic nitrogens is 1. The smallest absolute Gasteiger partial charge is 0.259 e. The van der Waals surface area contributed by atoms with E-state index in [-0.39, 0.29) is 22.3 Å². The van der Waals surface area contributed by atoms with Crippen molar-refractivity contribution in [3.8, 4) is 0 Å². The Morgan fingerprint density at radius 2 is 2.22 bits per heavy atom. The third-order valence-electron chi connectivity index (χ3n) is 1.71. The summed E-state index contributed by atoms with van der Waals surface area (Å²) in [6.07, 6.45) is 2.19. The molecule has 0 unspecified atom stereocenters. The number of nitrogens with one attached hydrogen (secondary N) is 1. The van der Waals surface area contributed by atoms with Gasteiger partial charge in [-0.3, -0.25) is 10.2 Å². The summed E-state index contributed by atoms with van der Waals surface area (Å²) in [4.78, 5) is 15.5. The number of thiazole rings is 1. The topological polar surface area (TPSA) is 102 Å². The Morgan fingerprint density at radius 3 is 2.67 bits per heavy atom. The van der Waals surface area contributed by atoms with Crippen molar-refractivity contribution >= 4 is 33.4 Å². The van der Waals surface area contributed by atoms with Gasteiger partial charge in [-0.25, -0.2) is 12.4 Å². The van der Waals surface area contributed by atoms with E-state index in [1.54, 1.807) is 13.8 Å². The average Bonchev–Trinajstić information content (AvgIpc) is 2.60. The number of hydrogen-bond donors (Lipinski definition) is 1. The van der Waals surface area contributed by atoms with Crippen molar-refractivity contribution in [1.29, 1.82) is 5.41 Å². The van der Waals surface area contributed by atoms with Gasteiger partial charge in [-0.2, -0.15) is 0 Å². The van der Waals surface area contributed by atoms with Gasteiger partial charge < -0.3 is 4.84 Å². The molecule has 7 nitrogen and oxygen atoms in total. The third kappa shape index (κ3) is 3.26. The van der Waals surface area contributed by atoms with Crippen molar-refractivity contribution < 1.29 is 18.0 Å². The standard InChI is InChI=1S/C9H12N3O4S2/c1-6(2)16-11-7(4-13)8-5-17-9(10)12(8)18(3,14)15/h5-6,10H,1-3H3. The maximum atomic E-state index is 11.5. The minimum absolute atomic E-state index is 0.0249. The summed E-state index contributed by atoms with van der Waals surface area (Å²) in [5.41, 5.74) is -0.313. The first-order valence-corrected chi connectivity index (χ1v) is 7.58. The second-order valence-electron chi connectivity index (χ2n) is 3.65. The molecular weight excluding hydrogens is 278 g/mol. The van der Waals surface area contributed by atoms with Crippen LogP contribution in [0, 0.1) is 5.41 Å². The van der Waals surface area contributed by atoms with Gasteiger partial charge in [0.05, 0.1) is 6.26 Å². The van der Waals surface area contributed by atoms with Crippen LogP contribution in [0.3, 0.4) is 0 Å². The molecule has 1 radical (unpaired) electrons. The molecule has 0 saturated carbocycles. The van der Waals surface area contributed by atoms with Crippen LogP contribution in [0.4, 0.5) is 0 Å². The maximum absolute atomic E-state index is 11.5. The molecule has 9 heteroatoms. The highest BCUT2D eigenvalue weighted by Crippen LogP contribution is 2.07. The summed E-state index contributed by atoms with van der Waals surface area (Å²) in [5, 5.41) is 12.4. The van der Waals surface area contributed by atoms with Crippen molar-refractivity contribution in [3.05, 3.63) is 15.9 Å². The lowest BCUT2D eigenvalue weighted by Gasteiger charge is -2.05. The quantitative estimate of drug-likeness (QED) is 0.612. The summed E-state index contributed by atoms with van der Waals surface area (Å²) >= 11 is 0.871. The summed E-state index contributed by atoms with van der Waals surface area (Å²) < 4.78 is 23.7. The van der Waals surface area contributed by atoms with Crippen LogP contribution in [0.5, 0.6) is 0 Å². The van der Waals surface area contributed by atoms with Crippen LogP contribution in [-0.4, -0.2) is 36.7 Å². The molecule has 0 spiro atoms. The Balaban J connectivity index is 3.37.